The summed E-state index contributed by atoms with van der Waals surface area (Å²) < 4.78 is 0. The van der Waals surface area contributed by atoms with Gasteiger partial charge in [0.15, 0.2) is 5.57 Å². The number of fused-ring (bicyclic) bond motifs is 1. The molecule has 1 heterocycles. The van der Waals surface area contributed by atoms with Gasteiger partial charge in [-0.3, -0.25) is 0 Å². The molecule has 0 saturated carbocycles. The average molecular weight is 193 g/mol. The van der Waals surface area contributed by atoms with Gasteiger partial charge in [-0.05, 0) is 11.6 Å². The van der Waals surface area contributed by atoms with E-state index in [0.717, 1.165) is 11.1 Å². The lowest BCUT2D eigenvalue weighted by atomic mass is 9.99. The van der Waals surface area contributed by atoms with Crippen LogP contribution in [0.2, 0.25) is 0 Å². The quantitative estimate of drug-likeness (QED) is 0.641. The Bertz CT molecular complexity index is 523. The van der Waals surface area contributed by atoms with E-state index >= 15 is 0 Å². The molecule has 15 heavy (non-hydrogen) atoms. The van der Waals surface area contributed by atoms with Crippen molar-refractivity contribution in [2.75, 3.05) is 0 Å². The molecule has 1 aromatic carbocycles. The minimum atomic E-state index is 0.104. The van der Waals surface area contributed by atoms with Gasteiger partial charge >= 0.3 is 0 Å². The molecule has 1 aromatic rings. The Hall–Kier alpha value is -2.52. The largest absolute Gasteiger partial charge is 0.359 e. The SMILES string of the molecule is N#CC(C#N)=C1NC=Cc2ccccc21. The number of rotatable bonds is 0. The fourth-order valence-electron chi connectivity index (χ4n) is 1.51. The third kappa shape index (κ3) is 1.47. The van der Waals surface area contributed by atoms with E-state index < -0.39 is 0 Å². The lowest BCUT2D eigenvalue weighted by molar-refractivity contribution is 1.19. The maximum Gasteiger partial charge on any atom is 0.153 e. The van der Waals surface area contributed by atoms with E-state index in [4.69, 9.17) is 10.5 Å². The number of nitrogens with zero attached hydrogens (tertiary/aromatic N) is 2. The topological polar surface area (TPSA) is 59.6 Å². The Kier molecular flexibility index (Phi) is 2.23. The molecular formula is C12H7N3. The summed E-state index contributed by atoms with van der Waals surface area (Å²) in [6, 6.07) is 11.4. The molecule has 0 amide bonds. The third-order valence-electron chi connectivity index (χ3n) is 2.19. The summed E-state index contributed by atoms with van der Waals surface area (Å²) >= 11 is 0. The van der Waals surface area contributed by atoms with E-state index in [2.05, 4.69) is 5.32 Å². The van der Waals surface area contributed by atoms with Crippen LogP contribution in [0.3, 0.4) is 0 Å². The molecule has 3 nitrogen and oxygen atoms in total. The second-order valence-corrected chi connectivity index (χ2v) is 3.04. The van der Waals surface area contributed by atoms with Gasteiger partial charge in [-0.15, -0.1) is 0 Å². The smallest absolute Gasteiger partial charge is 0.153 e. The van der Waals surface area contributed by atoms with E-state index in [-0.39, 0.29) is 5.57 Å². The lowest BCUT2D eigenvalue weighted by Gasteiger charge is -2.15. The van der Waals surface area contributed by atoms with E-state index in [1.54, 1.807) is 6.20 Å². The fourth-order valence-corrected chi connectivity index (χ4v) is 1.51. The highest BCUT2D eigenvalue weighted by atomic mass is 14.9. The molecule has 1 aliphatic heterocycles. The van der Waals surface area contributed by atoms with Gasteiger partial charge in [0.2, 0.25) is 0 Å². The molecule has 0 fully saturated rings. The molecule has 70 valence electrons. The Morgan fingerprint density at radius 2 is 1.87 bits per heavy atom. The van der Waals surface area contributed by atoms with Crippen LogP contribution in [0.4, 0.5) is 0 Å². The molecule has 0 unspecified atom stereocenters. The summed E-state index contributed by atoms with van der Waals surface area (Å²) in [5.41, 5.74) is 2.58. The predicted octanol–water partition coefficient (Wildman–Crippen LogP) is 2.02. The first-order chi connectivity index (χ1) is 7.36. The number of nitriles is 2. The zero-order valence-electron chi connectivity index (χ0n) is 7.86. The zero-order chi connectivity index (χ0) is 10.7. The van der Waals surface area contributed by atoms with Crippen LogP contribution in [-0.2, 0) is 0 Å². The Morgan fingerprint density at radius 1 is 1.13 bits per heavy atom. The molecule has 0 bridgehead atoms. The van der Waals surface area contributed by atoms with Gasteiger partial charge in [-0.2, -0.15) is 10.5 Å². The van der Waals surface area contributed by atoms with Crippen molar-refractivity contribution in [3.8, 4) is 12.1 Å². The highest BCUT2D eigenvalue weighted by Gasteiger charge is 2.13. The number of allylic oxidation sites excluding steroid dienone is 1. The first kappa shape index (κ1) is 9.05. The van der Waals surface area contributed by atoms with Gasteiger partial charge in [-0.1, -0.05) is 24.3 Å². The van der Waals surface area contributed by atoms with Crippen LogP contribution in [0, 0.1) is 22.7 Å². The number of benzene rings is 1. The van der Waals surface area contributed by atoms with Crippen molar-refractivity contribution in [2.24, 2.45) is 0 Å². The standard InChI is InChI=1S/C12H7N3/c13-7-10(8-14)12-11-4-2-1-3-9(11)5-6-15-12/h1-6,15H. The maximum atomic E-state index is 8.81. The van der Waals surface area contributed by atoms with Crippen molar-refractivity contribution in [2.45, 2.75) is 0 Å². The van der Waals surface area contributed by atoms with Crippen LogP contribution in [0.25, 0.3) is 11.8 Å². The van der Waals surface area contributed by atoms with Crippen molar-refractivity contribution >= 4 is 11.8 Å². The van der Waals surface area contributed by atoms with Crippen molar-refractivity contribution in [1.29, 1.82) is 10.5 Å². The van der Waals surface area contributed by atoms with Crippen LogP contribution in [0.1, 0.15) is 11.1 Å². The van der Waals surface area contributed by atoms with Gasteiger partial charge in [-0.25, -0.2) is 0 Å². The van der Waals surface area contributed by atoms with Crippen LogP contribution in [0.15, 0.2) is 36.0 Å². The first-order valence-corrected chi connectivity index (χ1v) is 4.44. The molecule has 0 spiro atoms. The summed E-state index contributed by atoms with van der Waals surface area (Å²) in [5.74, 6) is 0. The maximum absolute atomic E-state index is 8.81. The minimum Gasteiger partial charge on any atom is -0.359 e. The molecule has 1 N–H and O–H groups in total. The molecule has 1 aliphatic rings. The van der Waals surface area contributed by atoms with Crippen molar-refractivity contribution in [3.05, 3.63) is 47.2 Å². The zero-order valence-corrected chi connectivity index (χ0v) is 7.86. The molecule has 0 saturated heterocycles. The summed E-state index contributed by atoms with van der Waals surface area (Å²) in [6.07, 6.45) is 3.64. The average Bonchev–Trinajstić information content (AvgIpc) is 2.31. The monoisotopic (exact) mass is 193 g/mol. The Balaban J connectivity index is 2.68. The summed E-state index contributed by atoms with van der Waals surface area (Å²) in [7, 11) is 0. The summed E-state index contributed by atoms with van der Waals surface area (Å²) in [6.45, 7) is 0. The van der Waals surface area contributed by atoms with E-state index in [9.17, 15) is 0 Å². The molecular weight excluding hydrogens is 186 g/mol. The van der Waals surface area contributed by atoms with Crippen molar-refractivity contribution < 1.29 is 0 Å². The molecule has 3 heteroatoms. The van der Waals surface area contributed by atoms with Gasteiger partial charge in [0.25, 0.3) is 0 Å². The second kappa shape index (κ2) is 3.69. The second-order valence-electron chi connectivity index (χ2n) is 3.04. The summed E-state index contributed by atoms with van der Waals surface area (Å²) in [5, 5.41) is 20.6. The minimum absolute atomic E-state index is 0.104. The van der Waals surface area contributed by atoms with Gasteiger partial charge in [0, 0.05) is 11.8 Å². The highest BCUT2D eigenvalue weighted by Crippen LogP contribution is 2.24. The molecule has 2 rings (SSSR count). The predicted molar refractivity (Wildman–Crippen MR) is 56.8 cm³/mol. The molecule has 0 atom stereocenters. The van der Waals surface area contributed by atoms with Gasteiger partial charge in [0.1, 0.15) is 12.1 Å². The van der Waals surface area contributed by atoms with Crippen molar-refractivity contribution in [1.82, 2.24) is 5.32 Å². The number of hydrogen-bond acceptors (Lipinski definition) is 3. The fraction of sp³-hybridized carbons (Fsp3) is 0. The first-order valence-electron chi connectivity index (χ1n) is 4.44. The normalized spacial score (nSPS) is 12.0. The van der Waals surface area contributed by atoms with Crippen molar-refractivity contribution in [3.63, 3.8) is 0 Å². The Morgan fingerprint density at radius 3 is 2.60 bits per heavy atom. The number of nitrogens with one attached hydrogen (secondary N) is 1. The number of hydrogen-bond donors (Lipinski definition) is 1. The molecule has 0 aromatic heterocycles. The van der Waals surface area contributed by atoms with Gasteiger partial charge in [0.05, 0.1) is 5.70 Å². The van der Waals surface area contributed by atoms with E-state index in [1.165, 1.54) is 0 Å². The van der Waals surface area contributed by atoms with E-state index in [1.807, 2.05) is 42.5 Å². The van der Waals surface area contributed by atoms with Crippen LogP contribution >= 0.6 is 0 Å². The highest BCUT2D eigenvalue weighted by molar-refractivity contribution is 5.82. The summed E-state index contributed by atoms with van der Waals surface area (Å²) in [4.78, 5) is 0. The molecule has 0 radical (unpaired) electrons. The van der Waals surface area contributed by atoms with E-state index in [0.29, 0.717) is 5.70 Å². The molecule has 0 aliphatic carbocycles. The Labute approximate surface area is 87.6 Å². The van der Waals surface area contributed by atoms with Crippen LogP contribution in [0.5, 0.6) is 0 Å². The van der Waals surface area contributed by atoms with Gasteiger partial charge < -0.3 is 5.32 Å². The van der Waals surface area contributed by atoms with Crippen LogP contribution < -0.4 is 5.32 Å². The third-order valence-corrected chi connectivity index (χ3v) is 2.19. The van der Waals surface area contributed by atoms with Crippen LogP contribution in [-0.4, -0.2) is 0 Å². The lowest BCUT2D eigenvalue weighted by Crippen LogP contribution is -2.11.